The van der Waals surface area contributed by atoms with E-state index in [9.17, 15) is 0 Å². The molecule has 0 rings (SSSR count). The van der Waals surface area contributed by atoms with Crippen molar-refractivity contribution in [2.45, 2.75) is 39.2 Å². The number of guanidine groups is 1. The van der Waals surface area contributed by atoms with Crippen LogP contribution in [0.4, 0.5) is 0 Å². The van der Waals surface area contributed by atoms with Crippen molar-refractivity contribution in [1.29, 1.82) is 0 Å². The summed E-state index contributed by atoms with van der Waals surface area (Å²) in [6, 6.07) is 0.546. The molecule has 0 spiro atoms. The lowest BCUT2D eigenvalue weighted by Gasteiger charge is -2.27. The van der Waals surface area contributed by atoms with Gasteiger partial charge in [0.1, 0.15) is 0 Å². The van der Waals surface area contributed by atoms with E-state index in [4.69, 9.17) is 0 Å². The second-order valence-corrected chi connectivity index (χ2v) is 6.81. The fourth-order valence-corrected chi connectivity index (χ4v) is 2.53. The predicted octanol–water partition coefficient (Wildman–Crippen LogP) is 2.89. The quantitative estimate of drug-likeness (QED) is 0.242. The lowest BCUT2D eigenvalue weighted by molar-refractivity contribution is 0.254. The van der Waals surface area contributed by atoms with Crippen LogP contribution in [0.15, 0.2) is 4.99 Å². The summed E-state index contributed by atoms with van der Waals surface area (Å²) in [6.45, 7) is 6.48. The number of thioether (sulfide) groups is 1. The highest BCUT2D eigenvalue weighted by atomic mass is 127. The largest absolute Gasteiger partial charge is 0.356 e. The van der Waals surface area contributed by atoms with Gasteiger partial charge in [-0.2, -0.15) is 11.8 Å². The second-order valence-electron chi connectivity index (χ2n) is 5.83. The summed E-state index contributed by atoms with van der Waals surface area (Å²) < 4.78 is 0. The molecule has 2 N–H and O–H groups in total. The maximum atomic E-state index is 4.29. The summed E-state index contributed by atoms with van der Waals surface area (Å²) in [5.74, 6) is 2.88. The van der Waals surface area contributed by atoms with Crippen LogP contribution in [0, 0.1) is 5.92 Å². The summed E-state index contributed by atoms with van der Waals surface area (Å²) in [7, 11) is 6.13. The molecule has 1 unspecified atom stereocenters. The molecular weight excluding hydrogens is 395 g/mol. The van der Waals surface area contributed by atoms with E-state index in [1.807, 2.05) is 18.8 Å². The summed E-state index contributed by atoms with van der Waals surface area (Å²) in [4.78, 5) is 6.58. The van der Waals surface area contributed by atoms with Crippen LogP contribution >= 0.6 is 35.7 Å². The Bertz CT molecular complexity index is 260. The van der Waals surface area contributed by atoms with E-state index in [-0.39, 0.29) is 24.0 Å². The van der Waals surface area contributed by atoms with Crippen molar-refractivity contribution in [2.24, 2.45) is 10.9 Å². The minimum Gasteiger partial charge on any atom is -0.356 e. The maximum absolute atomic E-state index is 4.29. The highest BCUT2D eigenvalue weighted by Gasteiger charge is 2.13. The fourth-order valence-electron chi connectivity index (χ4n) is 2.03. The standard InChI is InChI=1S/C15H34N4S.HI/c1-13(2)11-14(19(4)5)12-18-15(16-3)17-9-7-8-10-20-6;/h13-14H,7-12H2,1-6H3,(H2,16,17,18);1H. The van der Waals surface area contributed by atoms with Crippen LogP contribution in [-0.2, 0) is 0 Å². The zero-order chi connectivity index (χ0) is 15.4. The van der Waals surface area contributed by atoms with Crippen LogP contribution in [0.3, 0.4) is 0 Å². The Labute approximate surface area is 153 Å². The van der Waals surface area contributed by atoms with Gasteiger partial charge in [0, 0.05) is 26.2 Å². The van der Waals surface area contributed by atoms with Crippen LogP contribution < -0.4 is 10.6 Å². The zero-order valence-corrected chi connectivity index (χ0v) is 17.8. The molecule has 0 aromatic carbocycles. The van der Waals surface area contributed by atoms with E-state index in [1.165, 1.54) is 25.0 Å². The number of halogens is 1. The second kappa shape index (κ2) is 15.2. The predicted molar refractivity (Wildman–Crippen MR) is 109 cm³/mol. The first-order chi connectivity index (χ1) is 9.51. The highest BCUT2D eigenvalue weighted by Crippen LogP contribution is 2.08. The third-order valence-electron chi connectivity index (χ3n) is 3.27. The normalized spacial score (nSPS) is 13.2. The first-order valence-corrected chi connectivity index (χ1v) is 9.00. The lowest BCUT2D eigenvalue weighted by atomic mass is 10.0. The van der Waals surface area contributed by atoms with Gasteiger partial charge in [0.15, 0.2) is 5.96 Å². The summed E-state index contributed by atoms with van der Waals surface area (Å²) in [5, 5.41) is 6.83. The third-order valence-corrected chi connectivity index (χ3v) is 3.97. The van der Waals surface area contributed by atoms with Crippen molar-refractivity contribution < 1.29 is 0 Å². The van der Waals surface area contributed by atoms with Crippen LogP contribution in [0.5, 0.6) is 0 Å². The molecule has 0 amide bonds. The molecule has 0 bridgehead atoms. The Morgan fingerprint density at radius 3 is 2.33 bits per heavy atom. The molecule has 1 atom stereocenters. The number of nitrogens with one attached hydrogen (secondary N) is 2. The van der Waals surface area contributed by atoms with Crippen molar-refractivity contribution in [1.82, 2.24) is 15.5 Å². The first-order valence-electron chi connectivity index (χ1n) is 7.61. The molecule has 21 heavy (non-hydrogen) atoms. The average molecular weight is 430 g/mol. The molecule has 0 saturated heterocycles. The van der Waals surface area contributed by atoms with Gasteiger partial charge in [-0.3, -0.25) is 4.99 Å². The minimum atomic E-state index is 0. The number of unbranched alkanes of at least 4 members (excludes halogenated alkanes) is 1. The molecule has 6 heteroatoms. The molecular formula is C15H35IN4S. The van der Waals surface area contributed by atoms with Gasteiger partial charge in [0.05, 0.1) is 0 Å². The monoisotopic (exact) mass is 430 g/mol. The van der Waals surface area contributed by atoms with Gasteiger partial charge in [-0.05, 0) is 51.3 Å². The van der Waals surface area contributed by atoms with E-state index in [0.29, 0.717) is 12.0 Å². The van der Waals surface area contributed by atoms with Crippen LogP contribution in [0.1, 0.15) is 33.1 Å². The van der Waals surface area contributed by atoms with E-state index in [0.717, 1.165) is 19.0 Å². The Morgan fingerprint density at radius 1 is 1.19 bits per heavy atom. The van der Waals surface area contributed by atoms with Crippen molar-refractivity contribution in [3.05, 3.63) is 0 Å². The number of hydrogen-bond donors (Lipinski definition) is 2. The van der Waals surface area contributed by atoms with Crippen LogP contribution in [0.2, 0.25) is 0 Å². The Balaban J connectivity index is 0. The average Bonchev–Trinajstić information content (AvgIpc) is 2.39. The van der Waals surface area contributed by atoms with Gasteiger partial charge in [-0.1, -0.05) is 13.8 Å². The summed E-state index contributed by atoms with van der Waals surface area (Å²) in [6.07, 6.45) is 5.82. The Kier molecular flexibility index (Phi) is 17.1. The first kappa shape index (κ1) is 23.6. The molecule has 0 aliphatic heterocycles. The summed E-state index contributed by atoms with van der Waals surface area (Å²) in [5.41, 5.74) is 0. The highest BCUT2D eigenvalue weighted by molar-refractivity contribution is 14.0. The van der Waals surface area contributed by atoms with Gasteiger partial charge in [-0.15, -0.1) is 24.0 Å². The Morgan fingerprint density at radius 2 is 1.86 bits per heavy atom. The number of aliphatic imine (C=N–C) groups is 1. The molecule has 0 aromatic heterocycles. The molecule has 0 saturated carbocycles. The van der Waals surface area contributed by atoms with E-state index < -0.39 is 0 Å². The number of hydrogen-bond acceptors (Lipinski definition) is 3. The number of rotatable bonds is 10. The minimum absolute atomic E-state index is 0. The molecule has 0 aliphatic carbocycles. The molecule has 4 nitrogen and oxygen atoms in total. The van der Waals surface area contributed by atoms with Crippen molar-refractivity contribution in [3.8, 4) is 0 Å². The zero-order valence-electron chi connectivity index (χ0n) is 14.6. The molecule has 0 aromatic rings. The van der Waals surface area contributed by atoms with E-state index >= 15 is 0 Å². The molecule has 0 fully saturated rings. The number of nitrogens with zero attached hydrogens (tertiary/aromatic N) is 2. The molecule has 128 valence electrons. The van der Waals surface area contributed by atoms with E-state index in [1.54, 1.807) is 0 Å². The maximum Gasteiger partial charge on any atom is 0.191 e. The van der Waals surface area contributed by atoms with Crippen molar-refractivity contribution in [3.63, 3.8) is 0 Å². The van der Waals surface area contributed by atoms with Gasteiger partial charge < -0.3 is 15.5 Å². The van der Waals surface area contributed by atoms with Gasteiger partial charge in [-0.25, -0.2) is 0 Å². The SMILES string of the molecule is CN=C(NCCCCSC)NCC(CC(C)C)N(C)C.I. The summed E-state index contributed by atoms with van der Waals surface area (Å²) >= 11 is 1.91. The van der Waals surface area contributed by atoms with Gasteiger partial charge in [0.25, 0.3) is 0 Å². The molecule has 0 aliphatic rings. The van der Waals surface area contributed by atoms with Crippen LogP contribution in [0.25, 0.3) is 0 Å². The van der Waals surface area contributed by atoms with Crippen LogP contribution in [-0.4, -0.2) is 63.1 Å². The topological polar surface area (TPSA) is 39.7 Å². The number of likely N-dealkylation sites (N-methyl/N-ethyl adjacent to an activating group) is 1. The van der Waals surface area contributed by atoms with Crippen molar-refractivity contribution in [2.75, 3.05) is 46.2 Å². The Hall–Kier alpha value is 0.310. The fraction of sp³-hybridized carbons (Fsp3) is 0.933. The van der Waals surface area contributed by atoms with Gasteiger partial charge >= 0.3 is 0 Å². The lowest BCUT2D eigenvalue weighted by Crippen LogP contribution is -2.45. The third kappa shape index (κ3) is 13.7. The molecule has 0 radical (unpaired) electrons. The smallest absolute Gasteiger partial charge is 0.191 e. The molecule has 0 heterocycles. The van der Waals surface area contributed by atoms with Crippen molar-refractivity contribution >= 4 is 41.7 Å². The van der Waals surface area contributed by atoms with Gasteiger partial charge in [0.2, 0.25) is 0 Å². The van der Waals surface area contributed by atoms with E-state index in [2.05, 4.69) is 54.7 Å².